The molecule has 1 aliphatic rings. The van der Waals surface area contributed by atoms with Crippen molar-refractivity contribution >= 4 is 23.3 Å². The van der Waals surface area contributed by atoms with Gasteiger partial charge < -0.3 is 18.9 Å². The van der Waals surface area contributed by atoms with Crippen LogP contribution in [0.5, 0.6) is 17.2 Å². The molecule has 8 nitrogen and oxygen atoms in total. The van der Waals surface area contributed by atoms with Gasteiger partial charge >= 0.3 is 5.97 Å². The van der Waals surface area contributed by atoms with Gasteiger partial charge in [0.15, 0.2) is 18.1 Å². The second-order valence-electron chi connectivity index (χ2n) is 5.66. The summed E-state index contributed by atoms with van der Waals surface area (Å²) in [6, 6.07) is 8.78. The number of nitro groups is 1. The normalized spacial score (nSPS) is 12.8. The lowest BCUT2D eigenvalue weighted by molar-refractivity contribution is -0.384. The van der Waals surface area contributed by atoms with Crippen LogP contribution >= 0.6 is 11.6 Å². The second-order valence-corrected chi connectivity index (χ2v) is 6.06. The van der Waals surface area contributed by atoms with E-state index in [1.165, 1.54) is 24.3 Å². The molecule has 3 rings (SSSR count). The maximum atomic E-state index is 11.8. The van der Waals surface area contributed by atoms with Gasteiger partial charge in [0.25, 0.3) is 5.69 Å². The number of fused-ring (bicyclic) bond motifs is 1. The van der Waals surface area contributed by atoms with E-state index >= 15 is 0 Å². The minimum atomic E-state index is -0.586. The predicted octanol–water partition coefficient (Wildman–Crippen LogP) is 3.53. The average Bonchev–Trinajstić information content (AvgIpc) is 2.91. The van der Waals surface area contributed by atoms with Gasteiger partial charge in [-0.3, -0.25) is 10.1 Å². The minimum Gasteiger partial charge on any atom is -0.489 e. The van der Waals surface area contributed by atoms with Gasteiger partial charge in [-0.25, -0.2) is 4.79 Å². The molecule has 142 valence electrons. The number of rotatable bonds is 6. The Balaban J connectivity index is 1.52. The monoisotopic (exact) mass is 393 g/mol. The standard InChI is InChI=1S/C18H16ClNO7/c19-15-8-12(9-16-18(15)25-7-1-6-24-16)10-27-17(21)11-26-14-4-2-13(3-5-14)20(22)23/h2-5,8-9H,1,6-7,10-11H2. The van der Waals surface area contributed by atoms with Crippen molar-refractivity contribution < 1.29 is 28.7 Å². The van der Waals surface area contributed by atoms with Crippen molar-refractivity contribution in [3.63, 3.8) is 0 Å². The number of benzene rings is 2. The molecule has 2 aromatic carbocycles. The predicted molar refractivity (Wildman–Crippen MR) is 95.4 cm³/mol. The SMILES string of the molecule is O=C(COc1ccc([N+](=O)[O-])cc1)OCc1cc(Cl)c2c(c1)OCCCO2. The molecule has 0 amide bonds. The van der Waals surface area contributed by atoms with E-state index in [2.05, 4.69) is 0 Å². The van der Waals surface area contributed by atoms with Gasteiger partial charge in [0.2, 0.25) is 0 Å². The lowest BCUT2D eigenvalue weighted by Crippen LogP contribution is -2.14. The van der Waals surface area contributed by atoms with Crippen molar-refractivity contribution in [3.8, 4) is 17.2 Å². The highest BCUT2D eigenvalue weighted by molar-refractivity contribution is 6.32. The Labute approximate surface area is 159 Å². The first kappa shape index (κ1) is 18.8. The van der Waals surface area contributed by atoms with E-state index in [4.69, 9.17) is 30.5 Å². The van der Waals surface area contributed by atoms with Crippen LogP contribution in [0.25, 0.3) is 0 Å². The first-order valence-corrected chi connectivity index (χ1v) is 8.51. The molecule has 0 saturated heterocycles. The summed E-state index contributed by atoms with van der Waals surface area (Å²) < 4.78 is 21.5. The lowest BCUT2D eigenvalue weighted by atomic mass is 10.2. The van der Waals surface area contributed by atoms with Crippen LogP contribution in [0.4, 0.5) is 5.69 Å². The van der Waals surface area contributed by atoms with Gasteiger partial charge in [0, 0.05) is 18.6 Å². The number of nitro benzene ring substituents is 1. The van der Waals surface area contributed by atoms with E-state index in [0.29, 0.717) is 41.0 Å². The third-order valence-electron chi connectivity index (χ3n) is 3.67. The fourth-order valence-corrected chi connectivity index (χ4v) is 2.67. The van der Waals surface area contributed by atoms with E-state index < -0.39 is 10.9 Å². The molecule has 0 unspecified atom stereocenters. The Bertz CT molecular complexity index is 838. The number of esters is 1. The summed E-state index contributed by atoms with van der Waals surface area (Å²) in [6.45, 7) is 0.728. The largest absolute Gasteiger partial charge is 0.489 e. The molecule has 1 aliphatic heterocycles. The highest BCUT2D eigenvalue weighted by Crippen LogP contribution is 2.38. The molecular formula is C18H16ClNO7. The van der Waals surface area contributed by atoms with Crippen LogP contribution in [-0.4, -0.2) is 30.7 Å². The number of non-ortho nitro benzene ring substituents is 1. The smallest absolute Gasteiger partial charge is 0.344 e. The summed E-state index contributed by atoms with van der Waals surface area (Å²) in [6.07, 6.45) is 0.759. The number of nitrogens with zero attached hydrogens (tertiary/aromatic N) is 1. The maximum absolute atomic E-state index is 11.8. The highest BCUT2D eigenvalue weighted by atomic mass is 35.5. The third kappa shape index (κ3) is 5.01. The number of hydrogen-bond donors (Lipinski definition) is 0. The average molecular weight is 394 g/mol. The quantitative estimate of drug-likeness (QED) is 0.420. The van der Waals surface area contributed by atoms with Gasteiger partial charge in [-0.1, -0.05) is 11.6 Å². The topological polar surface area (TPSA) is 97.1 Å². The molecule has 0 spiro atoms. The van der Waals surface area contributed by atoms with Crippen LogP contribution in [0.2, 0.25) is 5.02 Å². The molecule has 2 aromatic rings. The van der Waals surface area contributed by atoms with Gasteiger partial charge in [-0.2, -0.15) is 0 Å². The van der Waals surface area contributed by atoms with Crippen LogP contribution < -0.4 is 14.2 Å². The molecule has 9 heteroatoms. The minimum absolute atomic E-state index is 0.00118. The van der Waals surface area contributed by atoms with Crippen molar-refractivity contribution in [1.82, 2.24) is 0 Å². The first-order valence-electron chi connectivity index (χ1n) is 8.14. The summed E-state index contributed by atoms with van der Waals surface area (Å²) in [5, 5.41) is 11.0. The zero-order valence-electron chi connectivity index (χ0n) is 14.2. The Hall–Kier alpha value is -3.00. The fraction of sp³-hybridized carbons (Fsp3) is 0.278. The van der Waals surface area contributed by atoms with Crippen molar-refractivity contribution in [2.45, 2.75) is 13.0 Å². The summed E-state index contributed by atoms with van der Waals surface area (Å²) >= 11 is 6.19. The Morgan fingerprint density at radius 2 is 1.93 bits per heavy atom. The van der Waals surface area contributed by atoms with Gasteiger partial charge in [0.05, 0.1) is 23.2 Å². The summed E-state index contributed by atoms with van der Waals surface area (Å²) in [5.41, 5.74) is 0.601. The van der Waals surface area contributed by atoms with Crippen molar-refractivity contribution in [2.75, 3.05) is 19.8 Å². The van der Waals surface area contributed by atoms with E-state index in [1.807, 2.05) is 0 Å². The molecular weight excluding hydrogens is 378 g/mol. The number of carbonyl (C=O) groups is 1. The summed E-state index contributed by atoms with van der Waals surface area (Å²) in [5.74, 6) is 0.756. The van der Waals surface area contributed by atoms with Crippen LogP contribution in [0, 0.1) is 10.1 Å². The van der Waals surface area contributed by atoms with Crippen LogP contribution in [0.3, 0.4) is 0 Å². The van der Waals surface area contributed by atoms with Gasteiger partial charge in [-0.15, -0.1) is 0 Å². The molecule has 0 aliphatic carbocycles. The van der Waals surface area contributed by atoms with Crippen LogP contribution in [0.1, 0.15) is 12.0 Å². The van der Waals surface area contributed by atoms with Gasteiger partial charge in [-0.05, 0) is 29.8 Å². The number of carbonyl (C=O) groups excluding carboxylic acids is 1. The first-order chi connectivity index (χ1) is 13.0. The van der Waals surface area contributed by atoms with E-state index in [0.717, 1.165) is 6.42 Å². The number of ether oxygens (including phenoxy) is 4. The highest BCUT2D eigenvalue weighted by Gasteiger charge is 2.16. The van der Waals surface area contributed by atoms with Gasteiger partial charge in [0.1, 0.15) is 12.4 Å². The van der Waals surface area contributed by atoms with Crippen molar-refractivity contribution in [2.24, 2.45) is 0 Å². The van der Waals surface area contributed by atoms with E-state index in [9.17, 15) is 14.9 Å². The Kier molecular flexibility index (Phi) is 5.97. The Morgan fingerprint density at radius 1 is 1.19 bits per heavy atom. The van der Waals surface area contributed by atoms with Crippen LogP contribution in [-0.2, 0) is 16.1 Å². The number of hydrogen-bond acceptors (Lipinski definition) is 7. The molecule has 0 atom stereocenters. The molecule has 0 bridgehead atoms. The molecule has 0 N–H and O–H groups in total. The molecule has 0 fully saturated rings. The Morgan fingerprint density at radius 3 is 2.67 bits per heavy atom. The zero-order valence-corrected chi connectivity index (χ0v) is 14.9. The molecule has 1 heterocycles. The fourth-order valence-electron chi connectivity index (χ4n) is 2.38. The second kappa shape index (κ2) is 8.59. The van der Waals surface area contributed by atoms with E-state index in [1.54, 1.807) is 12.1 Å². The van der Waals surface area contributed by atoms with E-state index in [-0.39, 0.29) is 18.9 Å². The summed E-state index contributed by atoms with van der Waals surface area (Å²) in [7, 11) is 0. The molecule has 0 aromatic heterocycles. The third-order valence-corrected chi connectivity index (χ3v) is 3.95. The molecule has 0 saturated carbocycles. The van der Waals surface area contributed by atoms with Crippen LogP contribution in [0.15, 0.2) is 36.4 Å². The molecule has 27 heavy (non-hydrogen) atoms. The lowest BCUT2D eigenvalue weighted by Gasteiger charge is -2.12. The number of halogens is 1. The maximum Gasteiger partial charge on any atom is 0.344 e. The van der Waals surface area contributed by atoms with Crippen molar-refractivity contribution in [1.29, 1.82) is 0 Å². The molecule has 0 radical (unpaired) electrons. The van der Waals surface area contributed by atoms with Crippen molar-refractivity contribution in [3.05, 3.63) is 57.1 Å². The summed E-state index contributed by atoms with van der Waals surface area (Å²) in [4.78, 5) is 21.9. The zero-order chi connectivity index (χ0) is 19.2.